The second-order valence-corrected chi connectivity index (χ2v) is 2.11. The molecule has 0 saturated carbocycles. The zero-order valence-corrected chi connectivity index (χ0v) is 6.75. The molecule has 3 nitrogen and oxygen atoms in total. The Morgan fingerprint density at radius 2 is 2.45 bits per heavy atom. The van der Waals surface area contributed by atoms with Crippen molar-refractivity contribution in [2.75, 3.05) is 13.2 Å². The molecule has 0 saturated heterocycles. The number of esters is 1. The van der Waals surface area contributed by atoms with Crippen LogP contribution in [0.3, 0.4) is 0 Å². The molecular weight excluding hydrogens is 144 g/mol. The molecule has 0 aromatic carbocycles. The van der Waals surface area contributed by atoms with E-state index in [2.05, 4.69) is 6.58 Å². The van der Waals surface area contributed by atoms with Gasteiger partial charge in [-0.3, -0.25) is 4.79 Å². The number of hydrogen-bond donors (Lipinski definition) is 1. The van der Waals surface area contributed by atoms with Gasteiger partial charge < -0.3 is 9.84 Å². The van der Waals surface area contributed by atoms with Crippen LogP contribution < -0.4 is 0 Å². The molecule has 0 aliphatic heterocycles. The summed E-state index contributed by atoms with van der Waals surface area (Å²) in [5, 5.41) is 8.53. The molecule has 0 aromatic rings. The van der Waals surface area contributed by atoms with Crippen molar-refractivity contribution in [3.63, 3.8) is 0 Å². The van der Waals surface area contributed by atoms with Crippen molar-refractivity contribution in [1.29, 1.82) is 0 Å². The van der Waals surface area contributed by atoms with E-state index in [4.69, 9.17) is 9.84 Å². The molecule has 0 bridgehead atoms. The smallest absolute Gasteiger partial charge is 0.312 e. The minimum absolute atomic E-state index is 0.0184. The zero-order valence-electron chi connectivity index (χ0n) is 6.75. The maximum atomic E-state index is 11.0. The average Bonchev–Trinajstić information content (AvgIpc) is 2.00. The molecule has 1 N–H and O–H groups in total. The van der Waals surface area contributed by atoms with Crippen LogP contribution in [0.25, 0.3) is 0 Å². The van der Waals surface area contributed by atoms with Crippen molar-refractivity contribution in [2.45, 2.75) is 13.3 Å². The number of hydrogen-bond acceptors (Lipinski definition) is 3. The summed E-state index contributed by atoms with van der Waals surface area (Å²) < 4.78 is 4.73. The number of rotatable bonds is 5. The summed E-state index contributed by atoms with van der Waals surface area (Å²) in [6.45, 7) is 5.57. The van der Waals surface area contributed by atoms with Crippen molar-refractivity contribution in [1.82, 2.24) is 0 Å². The van der Waals surface area contributed by atoms with Crippen molar-refractivity contribution in [2.24, 2.45) is 5.92 Å². The third-order valence-electron chi connectivity index (χ3n) is 1.31. The molecule has 0 aliphatic carbocycles. The molecule has 0 amide bonds. The van der Waals surface area contributed by atoms with Crippen molar-refractivity contribution >= 4 is 5.97 Å². The van der Waals surface area contributed by atoms with Crippen molar-refractivity contribution in [3.05, 3.63) is 12.7 Å². The number of carbonyl (C=O) groups is 1. The monoisotopic (exact) mass is 158 g/mol. The van der Waals surface area contributed by atoms with Gasteiger partial charge in [-0.05, 0) is 13.3 Å². The highest BCUT2D eigenvalue weighted by Crippen LogP contribution is 2.05. The zero-order chi connectivity index (χ0) is 8.69. The van der Waals surface area contributed by atoms with Gasteiger partial charge in [-0.15, -0.1) is 6.58 Å². The molecule has 11 heavy (non-hydrogen) atoms. The first-order valence-corrected chi connectivity index (χ1v) is 3.66. The van der Waals surface area contributed by atoms with Crippen LogP contribution in [0, 0.1) is 5.92 Å². The van der Waals surface area contributed by atoms with Crippen LogP contribution in [0.15, 0.2) is 12.7 Å². The van der Waals surface area contributed by atoms with Gasteiger partial charge in [0, 0.05) is 6.61 Å². The van der Waals surface area contributed by atoms with Crippen LogP contribution in [0.1, 0.15) is 13.3 Å². The van der Waals surface area contributed by atoms with Crippen molar-refractivity contribution in [3.8, 4) is 0 Å². The lowest BCUT2D eigenvalue weighted by atomic mass is 10.1. The van der Waals surface area contributed by atoms with Gasteiger partial charge in [0.25, 0.3) is 0 Å². The van der Waals surface area contributed by atoms with Crippen molar-refractivity contribution < 1.29 is 14.6 Å². The van der Waals surface area contributed by atoms with Crippen LogP contribution >= 0.6 is 0 Å². The van der Waals surface area contributed by atoms with Crippen LogP contribution in [0.4, 0.5) is 0 Å². The minimum atomic E-state index is -0.361. The summed E-state index contributed by atoms with van der Waals surface area (Å²) in [6, 6.07) is 0. The number of aliphatic hydroxyl groups excluding tert-OH is 1. The molecule has 0 fully saturated rings. The van der Waals surface area contributed by atoms with Gasteiger partial charge in [0.05, 0.1) is 12.5 Å². The summed E-state index contributed by atoms with van der Waals surface area (Å²) in [4.78, 5) is 11.0. The fourth-order valence-corrected chi connectivity index (χ4v) is 0.720. The third kappa shape index (κ3) is 3.78. The van der Waals surface area contributed by atoms with Crippen LogP contribution in [0.5, 0.6) is 0 Å². The summed E-state index contributed by atoms with van der Waals surface area (Å²) in [5.74, 6) is -0.670. The lowest BCUT2D eigenvalue weighted by Crippen LogP contribution is -2.16. The normalized spacial score (nSPS) is 12.2. The van der Waals surface area contributed by atoms with Crippen LogP contribution in [-0.4, -0.2) is 24.3 Å². The molecular formula is C8H14O3. The van der Waals surface area contributed by atoms with E-state index < -0.39 is 0 Å². The highest BCUT2D eigenvalue weighted by Gasteiger charge is 2.14. The number of ether oxygens (including phenoxy) is 1. The lowest BCUT2D eigenvalue weighted by Gasteiger charge is -2.08. The molecule has 0 spiro atoms. The van der Waals surface area contributed by atoms with Gasteiger partial charge in [0.15, 0.2) is 0 Å². The SMILES string of the molecule is C=CC(CCO)C(=O)OCC. The van der Waals surface area contributed by atoms with Crippen LogP contribution in [-0.2, 0) is 9.53 Å². The first kappa shape index (κ1) is 10.2. The largest absolute Gasteiger partial charge is 0.466 e. The Balaban J connectivity index is 3.81. The number of carbonyl (C=O) groups excluding carboxylic acids is 1. The van der Waals surface area contributed by atoms with Gasteiger partial charge in [-0.25, -0.2) is 0 Å². The first-order chi connectivity index (χ1) is 5.26. The average molecular weight is 158 g/mol. The summed E-state index contributed by atoms with van der Waals surface area (Å²) in [6.07, 6.45) is 1.89. The Morgan fingerprint density at radius 1 is 1.82 bits per heavy atom. The number of aliphatic hydroxyl groups is 1. The third-order valence-corrected chi connectivity index (χ3v) is 1.31. The highest BCUT2D eigenvalue weighted by molar-refractivity contribution is 5.74. The van der Waals surface area contributed by atoms with E-state index in [0.29, 0.717) is 13.0 Å². The van der Waals surface area contributed by atoms with E-state index in [1.165, 1.54) is 6.08 Å². The second kappa shape index (κ2) is 5.92. The Kier molecular flexibility index (Phi) is 5.47. The molecule has 0 rings (SSSR count). The van der Waals surface area contributed by atoms with E-state index in [1.807, 2.05) is 0 Å². The summed E-state index contributed by atoms with van der Waals surface area (Å²) in [7, 11) is 0. The quantitative estimate of drug-likeness (QED) is 0.474. The van der Waals surface area contributed by atoms with Gasteiger partial charge >= 0.3 is 5.97 Å². The molecule has 0 aromatic heterocycles. The molecule has 64 valence electrons. The maximum absolute atomic E-state index is 11.0. The first-order valence-electron chi connectivity index (χ1n) is 3.66. The molecule has 1 atom stereocenters. The van der Waals surface area contributed by atoms with Gasteiger partial charge in [-0.1, -0.05) is 6.08 Å². The maximum Gasteiger partial charge on any atom is 0.312 e. The predicted octanol–water partition coefficient (Wildman–Crippen LogP) is 0.734. The standard InChI is InChI=1S/C8H14O3/c1-3-7(5-6-9)8(10)11-4-2/h3,7,9H,1,4-6H2,2H3. The molecule has 1 unspecified atom stereocenters. The van der Waals surface area contributed by atoms with Gasteiger partial charge in [0.2, 0.25) is 0 Å². The molecule has 0 aliphatic rings. The fourth-order valence-electron chi connectivity index (χ4n) is 0.720. The summed E-state index contributed by atoms with van der Waals surface area (Å²) >= 11 is 0. The topological polar surface area (TPSA) is 46.5 Å². The van der Waals surface area contributed by atoms with E-state index in [-0.39, 0.29) is 18.5 Å². The molecule has 3 heteroatoms. The lowest BCUT2D eigenvalue weighted by molar-refractivity contribution is -0.146. The summed E-state index contributed by atoms with van der Waals surface area (Å²) in [5.41, 5.74) is 0. The second-order valence-electron chi connectivity index (χ2n) is 2.11. The van der Waals surface area contributed by atoms with Crippen LogP contribution in [0.2, 0.25) is 0 Å². The Morgan fingerprint density at radius 3 is 2.82 bits per heavy atom. The molecule has 0 heterocycles. The van der Waals surface area contributed by atoms with E-state index in [9.17, 15) is 4.79 Å². The fraction of sp³-hybridized carbons (Fsp3) is 0.625. The van der Waals surface area contributed by atoms with E-state index in [0.717, 1.165) is 0 Å². The van der Waals surface area contributed by atoms with Gasteiger partial charge in [-0.2, -0.15) is 0 Å². The van der Waals surface area contributed by atoms with E-state index >= 15 is 0 Å². The highest BCUT2D eigenvalue weighted by atomic mass is 16.5. The molecule has 0 radical (unpaired) electrons. The Hall–Kier alpha value is -0.830. The Labute approximate surface area is 66.7 Å². The predicted molar refractivity (Wildman–Crippen MR) is 42.0 cm³/mol. The Bertz CT molecular complexity index is 131. The van der Waals surface area contributed by atoms with Gasteiger partial charge in [0.1, 0.15) is 0 Å². The van der Waals surface area contributed by atoms with E-state index in [1.54, 1.807) is 6.92 Å². The minimum Gasteiger partial charge on any atom is -0.466 e.